The number of benzene rings is 1. The number of nitrogens with one attached hydrogen (secondary N) is 1. The summed E-state index contributed by atoms with van der Waals surface area (Å²) in [6.45, 7) is 2.39. The van der Waals surface area contributed by atoms with Crippen LogP contribution in [0.1, 0.15) is 51.0 Å². The van der Waals surface area contributed by atoms with Crippen LogP contribution in [0.15, 0.2) is 18.2 Å². The number of nitrogens with zero attached hydrogens (tertiary/aromatic N) is 1. The van der Waals surface area contributed by atoms with Crippen molar-refractivity contribution in [3.05, 3.63) is 23.8 Å². The fourth-order valence-electron chi connectivity index (χ4n) is 3.61. The number of rotatable bonds is 2. The summed E-state index contributed by atoms with van der Waals surface area (Å²) in [6, 6.07) is 5.92. The standard InChI is InChI=1S/C18H24N2O2/c1-13(21)20-11-5-8-15-12-16(9-10-17(15)20)19-18(22)14-6-3-2-4-7-14/h9-10,12,14H,2-8,11H2,1H3,(H,19,22). The number of carbonyl (C=O) groups is 2. The van der Waals surface area contributed by atoms with E-state index in [-0.39, 0.29) is 17.7 Å². The molecule has 1 aromatic carbocycles. The Morgan fingerprint density at radius 2 is 1.91 bits per heavy atom. The molecular weight excluding hydrogens is 276 g/mol. The van der Waals surface area contributed by atoms with E-state index in [1.807, 2.05) is 23.1 Å². The van der Waals surface area contributed by atoms with Crippen LogP contribution in [0.4, 0.5) is 11.4 Å². The van der Waals surface area contributed by atoms with Crippen LogP contribution in [0.2, 0.25) is 0 Å². The number of hydrogen-bond acceptors (Lipinski definition) is 2. The Hall–Kier alpha value is -1.84. The summed E-state index contributed by atoms with van der Waals surface area (Å²) in [7, 11) is 0. The van der Waals surface area contributed by atoms with Gasteiger partial charge in [-0.3, -0.25) is 9.59 Å². The minimum atomic E-state index is 0.0833. The predicted octanol–water partition coefficient (Wildman–Crippen LogP) is 3.50. The van der Waals surface area contributed by atoms with Gasteiger partial charge in [-0.25, -0.2) is 0 Å². The molecule has 1 fully saturated rings. The highest BCUT2D eigenvalue weighted by Gasteiger charge is 2.23. The van der Waals surface area contributed by atoms with E-state index in [2.05, 4.69) is 5.32 Å². The maximum atomic E-state index is 12.3. The fourth-order valence-corrected chi connectivity index (χ4v) is 3.61. The number of carbonyl (C=O) groups excluding carboxylic acids is 2. The average molecular weight is 300 g/mol. The van der Waals surface area contributed by atoms with Gasteiger partial charge >= 0.3 is 0 Å². The Morgan fingerprint density at radius 1 is 1.14 bits per heavy atom. The van der Waals surface area contributed by atoms with Crippen LogP contribution < -0.4 is 10.2 Å². The lowest BCUT2D eigenvalue weighted by Crippen LogP contribution is -2.33. The van der Waals surface area contributed by atoms with Gasteiger partial charge < -0.3 is 10.2 Å². The number of aryl methyl sites for hydroxylation is 1. The summed E-state index contributed by atoms with van der Waals surface area (Å²) < 4.78 is 0. The first kappa shape index (κ1) is 15.1. The van der Waals surface area contributed by atoms with E-state index < -0.39 is 0 Å². The quantitative estimate of drug-likeness (QED) is 0.908. The van der Waals surface area contributed by atoms with Crippen LogP contribution in [0.5, 0.6) is 0 Å². The van der Waals surface area contributed by atoms with E-state index in [1.165, 1.54) is 6.42 Å². The molecule has 4 heteroatoms. The molecule has 0 radical (unpaired) electrons. The SMILES string of the molecule is CC(=O)N1CCCc2cc(NC(=O)C3CCCCC3)ccc21. The van der Waals surface area contributed by atoms with Gasteiger partial charge in [0.2, 0.25) is 11.8 Å². The predicted molar refractivity (Wildman–Crippen MR) is 88.0 cm³/mol. The monoisotopic (exact) mass is 300 g/mol. The maximum absolute atomic E-state index is 12.3. The zero-order chi connectivity index (χ0) is 15.5. The second kappa shape index (κ2) is 6.51. The largest absolute Gasteiger partial charge is 0.326 e. The van der Waals surface area contributed by atoms with Crippen molar-refractivity contribution in [3.8, 4) is 0 Å². The summed E-state index contributed by atoms with van der Waals surface area (Å²) in [5.74, 6) is 0.400. The van der Waals surface area contributed by atoms with Crippen LogP contribution in [-0.4, -0.2) is 18.4 Å². The van der Waals surface area contributed by atoms with Crippen LogP contribution in [0.25, 0.3) is 0 Å². The number of hydrogen-bond donors (Lipinski definition) is 1. The fraction of sp³-hybridized carbons (Fsp3) is 0.556. The van der Waals surface area contributed by atoms with E-state index in [4.69, 9.17) is 0 Å². The molecule has 1 aliphatic carbocycles. The molecule has 118 valence electrons. The van der Waals surface area contributed by atoms with Crippen LogP contribution in [0.3, 0.4) is 0 Å². The molecule has 0 unspecified atom stereocenters. The molecule has 22 heavy (non-hydrogen) atoms. The van der Waals surface area contributed by atoms with Crippen LogP contribution >= 0.6 is 0 Å². The molecule has 2 amide bonds. The van der Waals surface area contributed by atoms with E-state index in [0.717, 1.165) is 62.0 Å². The van der Waals surface area contributed by atoms with Crippen molar-refractivity contribution >= 4 is 23.2 Å². The van der Waals surface area contributed by atoms with Gasteiger partial charge in [0.1, 0.15) is 0 Å². The van der Waals surface area contributed by atoms with Gasteiger partial charge in [-0.2, -0.15) is 0 Å². The van der Waals surface area contributed by atoms with Crippen molar-refractivity contribution in [2.45, 2.75) is 51.9 Å². The summed E-state index contributed by atoms with van der Waals surface area (Å²) in [5, 5.41) is 3.06. The summed E-state index contributed by atoms with van der Waals surface area (Å²) in [5.41, 5.74) is 3.01. The molecule has 1 N–H and O–H groups in total. The molecule has 0 atom stereocenters. The third kappa shape index (κ3) is 3.16. The van der Waals surface area contributed by atoms with Crippen molar-refractivity contribution in [1.82, 2.24) is 0 Å². The molecule has 0 saturated heterocycles. The van der Waals surface area contributed by atoms with Crippen LogP contribution in [-0.2, 0) is 16.0 Å². The van der Waals surface area contributed by atoms with Gasteiger partial charge in [0.25, 0.3) is 0 Å². The Morgan fingerprint density at radius 3 is 2.64 bits per heavy atom. The minimum absolute atomic E-state index is 0.0833. The molecule has 1 aliphatic heterocycles. The number of fused-ring (bicyclic) bond motifs is 1. The maximum Gasteiger partial charge on any atom is 0.227 e. The third-order valence-electron chi connectivity index (χ3n) is 4.82. The summed E-state index contributed by atoms with van der Waals surface area (Å²) in [6.07, 6.45) is 7.54. The molecule has 2 aliphatic rings. The Labute approximate surface area is 131 Å². The van der Waals surface area contributed by atoms with Crippen molar-refractivity contribution < 1.29 is 9.59 Å². The molecule has 1 saturated carbocycles. The lowest BCUT2D eigenvalue weighted by atomic mass is 9.88. The molecule has 1 aromatic rings. The summed E-state index contributed by atoms with van der Waals surface area (Å²) >= 11 is 0. The second-order valence-electron chi connectivity index (χ2n) is 6.44. The molecule has 1 heterocycles. The molecular formula is C18H24N2O2. The molecule has 4 nitrogen and oxygen atoms in total. The van der Waals surface area contributed by atoms with Gasteiger partial charge in [-0.1, -0.05) is 19.3 Å². The molecule has 0 aromatic heterocycles. The topological polar surface area (TPSA) is 49.4 Å². The van der Waals surface area contributed by atoms with Crippen molar-refractivity contribution in [1.29, 1.82) is 0 Å². The lowest BCUT2D eigenvalue weighted by Gasteiger charge is -2.29. The first-order valence-electron chi connectivity index (χ1n) is 8.37. The molecule has 0 spiro atoms. The minimum Gasteiger partial charge on any atom is -0.326 e. The normalized spacial score (nSPS) is 18.7. The van der Waals surface area contributed by atoms with Crippen LogP contribution in [0, 0.1) is 5.92 Å². The lowest BCUT2D eigenvalue weighted by molar-refractivity contribution is -0.120. The summed E-state index contributed by atoms with van der Waals surface area (Å²) in [4.78, 5) is 25.8. The zero-order valence-electron chi connectivity index (χ0n) is 13.2. The number of amides is 2. The Bertz CT molecular complexity index is 576. The highest BCUT2D eigenvalue weighted by atomic mass is 16.2. The zero-order valence-corrected chi connectivity index (χ0v) is 13.2. The van der Waals surface area contributed by atoms with Crippen molar-refractivity contribution in [3.63, 3.8) is 0 Å². The highest BCUT2D eigenvalue weighted by molar-refractivity contribution is 5.95. The van der Waals surface area contributed by atoms with Gasteiger partial charge in [-0.05, 0) is 49.4 Å². The first-order chi connectivity index (χ1) is 10.6. The van der Waals surface area contributed by atoms with Gasteiger partial charge in [0.15, 0.2) is 0 Å². The number of anilines is 2. The molecule has 0 bridgehead atoms. The molecule has 3 rings (SSSR count). The second-order valence-corrected chi connectivity index (χ2v) is 6.44. The highest BCUT2D eigenvalue weighted by Crippen LogP contribution is 2.31. The van der Waals surface area contributed by atoms with E-state index in [1.54, 1.807) is 6.92 Å². The van der Waals surface area contributed by atoms with Gasteiger partial charge in [0.05, 0.1) is 0 Å². The van der Waals surface area contributed by atoms with Crippen molar-refractivity contribution in [2.75, 3.05) is 16.8 Å². The van der Waals surface area contributed by atoms with E-state index in [0.29, 0.717) is 0 Å². The Balaban J connectivity index is 1.73. The average Bonchev–Trinajstić information content (AvgIpc) is 2.54. The Kier molecular flexibility index (Phi) is 4.46. The smallest absolute Gasteiger partial charge is 0.227 e. The van der Waals surface area contributed by atoms with Gasteiger partial charge in [0, 0.05) is 30.8 Å². The third-order valence-corrected chi connectivity index (χ3v) is 4.82. The van der Waals surface area contributed by atoms with E-state index >= 15 is 0 Å². The first-order valence-corrected chi connectivity index (χ1v) is 8.37. The van der Waals surface area contributed by atoms with Gasteiger partial charge in [-0.15, -0.1) is 0 Å². The van der Waals surface area contributed by atoms with Crippen molar-refractivity contribution in [2.24, 2.45) is 5.92 Å². The van der Waals surface area contributed by atoms with E-state index in [9.17, 15) is 9.59 Å².